The van der Waals surface area contributed by atoms with Gasteiger partial charge in [-0.15, -0.1) is 11.3 Å². The van der Waals surface area contributed by atoms with Crippen molar-refractivity contribution in [3.63, 3.8) is 0 Å². The van der Waals surface area contributed by atoms with Crippen LogP contribution in [0.25, 0.3) is 3.53 Å². The fourth-order valence-corrected chi connectivity index (χ4v) is 2.89. The zero-order chi connectivity index (χ0) is 15.9. The third-order valence-corrected chi connectivity index (χ3v) is 4.33. The molecule has 0 bridgehead atoms. The molecule has 0 fully saturated rings. The molecule has 0 saturated heterocycles. The summed E-state index contributed by atoms with van der Waals surface area (Å²) in [5.41, 5.74) is 0.231. The maximum Gasteiger partial charge on any atom is 1.00 e. The summed E-state index contributed by atoms with van der Waals surface area (Å²) < 4.78 is 19.4. The van der Waals surface area contributed by atoms with E-state index < -0.39 is 33.3 Å². The summed E-state index contributed by atoms with van der Waals surface area (Å²) in [6.07, 6.45) is 1.65. The summed E-state index contributed by atoms with van der Waals surface area (Å²) in [4.78, 5) is 27.6. The van der Waals surface area contributed by atoms with Crippen LogP contribution < -0.4 is 10.1 Å². The molecule has 0 aliphatic heterocycles. The number of carbonyl (C=O) groups is 2. The molecule has 0 unspecified atom stereocenters. The van der Waals surface area contributed by atoms with Crippen LogP contribution in [0.1, 0.15) is 23.7 Å². The number of carbonyl (C=O) groups excluding carboxylic acids is 2. The molecule has 1 N–H and O–H groups in total. The Bertz CT molecular complexity index is 710. The molecule has 0 spiro atoms. The molecular weight excluding hydrogens is 611 g/mol. The molecule has 0 aliphatic carbocycles. The summed E-state index contributed by atoms with van der Waals surface area (Å²) >= 11 is -0.351. The second-order valence-electron chi connectivity index (χ2n) is 3.94. The monoisotopic (exact) mass is 624 g/mol. The van der Waals surface area contributed by atoms with Gasteiger partial charge in [-0.05, 0) is 12.1 Å². The minimum absolute atomic E-state index is 0. The van der Waals surface area contributed by atoms with Gasteiger partial charge in [0.25, 0.3) is 5.91 Å². The van der Waals surface area contributed by atoms with Gasteiger partial charge >= 0.3 is 25.8 Å². The molecule has 1 heterocycles. The molecule has 7 nitrogen and oxygen atoms in total. The van der Waals surface area contributed by atoms with Crippen molar-refractivity contribution in [2.24, 2.45) is 0 Å². The fourth-order valence-electron chi connectivity index (χ4n) is 1.50. The number of benzene rings is 1. The van der Waals surface area contributed by atoms with Gasteiger partial charge in [0.2, 0.25) is 0 Å². The van der Waals surface area contributed by atoms with Crippen LogP contribution in [0.15, 0.2) is 30.5 Å². The van der Waals surface area contributed by atoms with Gasteiger partial charge in [-0.1, -0.05) is 24.1 Å². The molecular formula is C13H11IN3O4OsS. The van der Waals surface area contributed by atoms with E-state index in [4.69, 9.17) is 4.74 Å². The summed E-state index contributed by atoms with van der Waals surface area (Å²) in [5.74, 6) is -0.675. The van der Waals surface area contributed by atoms with Crippen molar-refractivity contribution in [2.75, 3.05) is 5.32 Å². The Hall–Kier alpha value is -1.24. The number of anilines is 1. The second kappa shape index (κ2) is 9.80. The SMILES string of the molecule is CCC(=O)Oc1ccccc1C(=O)Nc1ncc([N-]I=O)s1.[Os+]. The Balaban J connectivity index is 0.00000264. The molecule has 10 heteroatoms. The van der Waals surface area contributed by atoms with Crippen LogP contribution in [0.3, 0.4) is 0 Å². The Morgan fingerprint density at radius 1 is 1.39 bits per heavy atom. The Morgan fingerprint density at radius 2 is 2.13 bits per heavy atom. The smallest absolute Gasteiger partial charge is 0.586 e. The molecule has 1 aromatic carbocycles. The van der Waals surface area contributed by atoms with Gasteiger partial charge in [0.15, 0.2) is 5.13 Å². The number of aromatic nitrogens is 1. The predicted molar refractivity (Wildman–Crippen MR) is 90.2 cm³/mol. The van der Waals surface area contributed by atoms with E-state index in [2.05, 4.69) is 13.8 Å². The molecule has 1 radical (unpaired) electrons. The number of ether oxygens (including phenoxy) is 1. The number of halogens is 1. The van der Waals surface area contributed by atoms with E-state index in [9.17, 15) is 12.7 Å². The number of esters is 1. The first-order chi connectivity index (χ1) is 10.6. The van der Waals surface area contributed by atoms with Crippen molar-refractivity contribution in [2.45, 2.75) is 13.3 Å². The van der Waals surface area contributed by atoms with Crippen molar-refractivity contribution >= 4 is 54.8 Å². The minimum Gasteiger partial charge on any atom is -0.586 e. The number of hydrogen-bond acceptors (Lipinski definition) is 6. The summed E-state index contributed by atoms with van der Waals surface area (Å²) in [5, 5.41) is 3.42. The Morgan fingerprint density at radius 3 is 2.83 bits per heavy atom. The number of amides is 1. The number of nitrogens with one attached hydrogen (secondary N) is 1. The maximum atomic E-state index is 12.3. The average molecular weight is 622 g/mol. The van der Waals surface area contributed by atoms with Crippen molar-refractivity contribution < 1.29 is 37.2 Å². The normalized spacial score (nSPS) is 9.61. The zero-order valence-corrected chi connectivity index (χ0v) is 17.3. The van der Waals surface area contributed by atoms with Crippen molar-refractivity contribution in [3.8, 4) is 5.75 Å². The van der Waals surface area contributed by atoms with Gasteiger partial charge in [-0.2, -0.15) is 0 Å². The predicted octanol–water partition coefficient (Wildman–Crippen LogP) is 3.94. The van der Waals surface area contributed by atoms with Gasteiger partial charge in [0.05, 0.1) is 27.0 Å². The van der Waals surface area contributed by atoms with E-state index >= 15 is 0 Å². The third-order valence-electron chi connectivity index (χ3n) is 2.48. The van der Waals surface area contributed by atoms with Crippen molar-refractivity contribution in [1.29, 1.82) is 0 Å². The van der Waals surface area contributed by atoms with E-state index in [1.54, 1.807) is 31.2 Å². The quantitative estimate of drug-likeness (QED) is 0.299. The van der Waals surface area contributed by atoms with E-state index in [0.29, 0.717) is 10.1 Å². The van der Waals surface area contributed by atoms with E-state index in [-0.39, 0.29) is 37.5 Å². The fraction of sp³-hybridized carbons (Fsp3) is 0.154. The summed E-state index contributed by atoms with van der Waals surface area (Å²) in [7, 11) is 0. The van der Waals surface area contributed by atoms with Gasteiger partial charge < -0.3 is 8.27 Å². The van der Waals surface area contributed by atoms with Crippen molar-refractivity contribution in [1.82, 2.24) is 4.98 Å². The molecule has 123 valence electrons. The van der Waals surface area contributed by atoms with Crippen LogP contribution in [0, 0.1) is 0 Å². The summed E-state index contributed by atoms with van der Waals surface area (Å²) in [6, 6.07) is 6.44. The van der Waals surface area contributed by atoms with Crippen LogP contribution in [0.5, 0.6) is 5.75 Å². The topological polar surface area (TPSA) is 99.5 Å². The van der Waals surface area contributed by atoms with Crippen LogP contribution in [-0.2, 0) is 27.7 Å². The van der Waals surface area contributed by atoms with Gasteiger partial charge in [-0.3, -0.25) is 18.0 Å². The molecule has 0 saturated carbocycles. The summed E-state index contributed by atoms with van der Waals surface area (Å²) in [6.45, 7) is 1.67. The van der Waals surface area contributed by atoms with E-state index in [0.717, 1.165) is 11.3 Å². The van der Waals surface area contributed by atoms with Gasteiger partial charge in [0.1, 0.15) is 5.75 Å². The third kappa shape index (κ3) is 5.71. The Kier molecular flexibility index (Phi) is 8.44. The first-order valence-corrected chi connectivity index (χ1v) is 8.84. The number of nitrogens with zero attached hydrogens (tertiary/aromatic N) is 2. The van der Waals surface area contributed by atoms with Crippen LogP contribution >= 0.6 is 32.8 Å². The first-order valence-electron chi connectivity index (χ1n) is 6.18. The van der Waals surface area contributed by atoms with Crippen molar-refractivity contribution in [3.05, 3.63) is 39.6 Å². The number of thiazole rings is 1. The number of para-hydroxylation sites is 1. The molecule has 1 amide bonds. The average Bonchev–Trinajstić information content (AvgIpc) is 2.95. The maximum absolute atomic E-state index is 12.3. The first kappa shape index (κ1) is 19.8. The molecule has 1 aromatic heterocycles. The van der Waals surface area contributed by atoms with E-state index in [1.165, 1.54) is 6.20 Å². The minimum atomic E-state index is -1.47. The molecule has 0 aliphatic rings. The number of rotatable bonds is 6. The zero-order valence-electron chi connectivity index (χ0n) is 11.8. The molecule has 23 heavy (non-hydrogen) atoms. The number of hydrogen-bond donors (Lipinski definition) is 1. The van der Waals surface area contributed by atoms with Crippen LogP contribution in [0.4, 0.5) is 10.1 Å². The van der Waals surface area contributed by atoms with Gasteiger partial charge in [0, 0.05) is 12.6 Å². The van der Waals surface area contributed by atoms with Gasteiger partial charge in [-0.25, -0.2) is 4.98 Å². The standard InChI is InChI=1S/C13H12IN3O4S.Os/c1-2-11(18)21-9-6-4-3-5-8(9)12(19)16-13-15-7-10(22-13)17-14-20;/h3-7H,2H2,1H3,(H2,15,16,17,19,20);/q;+1/p-1. The second-order valence-corrected chi connectivity index (χ2v) is 5.82. The molecule has 2 aromatic rings. The Labute approximate surface area is 160 Å². The van der Waals surface area contributed by atoms with E-state index in [1.807, 2.05) is 0 Å². The molecule has 2 rings (SSSR count). The van der Waals surface area contributed by atoms with Crippen LogP contribution in [0.2, 0.25) is 0 Å². The molecule has 0 atom stereocenters. The largest absolute Gasteiger partial charge is 1.00 e. The van der Waals surface area contributed by atoms with Crippen LogP contribution in [-0.4, -0.2) is 16.9 Å².